The van der Waals surface area contributed by atoms with Crippen molar-refractivity contribution in [2.24, 2.45) is 0 Å². The van der Waals surface area contributed by atoms with E-state index >= 15 is 0 Å². The van der Waals surface area contributed by atoms with Gasteiger partial charge in [-0.05, 0) is 30.3 Å². The summed E-state index contributed by atoms with van der Waals surface area (Å²) in [5.41, 5.74) is 7.53. The molecule has 17 heavy (non-hydrogen) atoms. The molecule has 0 aliphatic heterocycles. The molecular formula is C13H14N2O2. The van der Waals surface area contributed by atoms with Crippen molar-refractivity contribution in [1.29, 1.82) is 0 Å². The SMILES string of the molecule is CCc1occc1C(=O)Nc1ccc(N)cc1. The van der Waals surface area contributed by atoms with E-state index in [2.05, 4.69) is 5.32 Å². The molecule has 0 aliphatic carbocycles. The number of amides is 1. The molecule has 2 rings (SSSR count). The van der Waals surface area contributed by atoms with Crippen molar-refractivity contribution in [3.8, 4) is 0 Å². The number of hydrogen-bond donors (Lipinski definition) is 2. The zero-order valence-corrected chi connectivity index (χ0v) is 9.57. The molecule has 1 amide bonds. The van der Waals surface area contributed by atoms with Crippen LogP contribution in [0.5, 0.6) is 0 Å². The van der Waals surface area contributed by atoms with Gasteiger partial charge >= 0.3 is 0 Å². The largest absolute Gasteiger partial charge is 0.469 e. The first-order valence-corrected chi connectivity index (χ1v) is 5.44. The second kappa shape index (κ2) is 4.74. The zero-order chi connectivity index (χ0) is 12.3. The Bertz CT molecular complexity index is 514. The Morgan fingerprint density at radius 3 is 2.65 bits per heavy atom. The number of nitrogen functional groups attached to an aromatic ring is 1. The first-order chi connectivity index (χ1) is 8.20. The molecule has 1 heterocycles. The van der Waals surface area contributed by atoms with Crippen molar-refractivity contribution >= 4 is 17.3 Å². The number of anilines is 2. The van der Waals surface area contributed by atoms with Gasteiger partial charge in [-0.1, -0.05) is 6.92 Å². The monoisotopic (exact) mass is 230 g/mol. The van der Waals surface area contributed by atoms with E-state index < -0.39 is 0 Å². The lowest BCUT2D eigenvalue weighted by Crippen LogP contribution is -2.12. The normalized spacial score (nSPS) is 10.2. The van der Waals surface area contributed by atoms with E-state index in [0.717, 1.165) is 0 Å². The molecule has 1 aromatic carbocycles. The van der Waals surface area contributed by atoms with Gasteiger partial charge in [0, 0.05) is 17.8 Å². The Morgan fingerprint density at radius 2 is 2.00 bits per heavy atom. The lowest BCUT2D eigenvalue weighted by atomic mass is 10.2. The third-order valence-electron chi connectivity index (χ3n) is 2.48. The van der Waals surface area contributed by atoms with Crippen molar-refractivity contribution in [1.82, 2.24) is 0 Å². The molecule has 1 aromatic heterocycles. The lowest BCUT2D eigenvalue weighted by Gasteiger charge is -2.04. The Balaban J connectivity index is 2.14. The number of aryl methyl sites for hydroxylation is 1. The molecule has 88 valence electrons. The second-order valence-electron chi connectivity index (χ2n) is 3.69. The molecule has 0 fully saturated rings. The van der Waals surface area contributed by atoms with E-state index in [1.54, 1.807) is 30.3 Å². The van der Waals surface area contributed by atoms with Crippen LogP contribution in [0.1, 0.15) is 23.0 Å². The van der Waals surface area contributed by atoms with Gasteiger partial charge in [0.15, 0.2) is 0 Å². The van der Waals surface area contributed by atoms with Crippen molar-refractivity contribution in [3.63, 3.8) is 0 Å². The van der Waals surface area contributed by atoms with Crippen molar-refractivity contribution in [3.05, 3.63) is 47.9 Å². The summed E-state index contributed by atoms with van der Waals surface area (Å²) in [5.74, 6) is 0.526. The molecule has 0 bridgehead atoms. The summed E-state index contributed by atoms with van der Waals surface area (Å²) in [7, 11) is 0. The molecule has 0 spiro atoms. The maximum Gasteiger partial charge on any atom is 0.259 e. The summed E-state index contributed by atoms with van der Waals surface area (Å²) >= 11 is 0. The standard InChI is InChI=1S/C13H14N2O2/c1-2-12-11(7-8-17-12)13(16)15-10-5-3-9(14)4-6-10/h3-8H,2,14H2,1H3,(H,15,16). The number of hydrogen-bond acceptors (Lipinski definition) is 3. The summed E-state index contributed by atoms with van der Waals surface area (Å²) in [6.45, 7) is 1.94. The van der Waals surface area contributed by atoms with Crippen LogP contribution >= 0.6 is 0 Å². The van der Waals surface area contributed by atoms with Gasteiger partial charge in [0.2, 0.25) is 0 Å². The van der Waals surface area contributed by atoms with Crippen LogP contribution in [0, 0.1) is 0 Å². The highest BCUT2D eigenvalue weighted by atomic mass is 16.3. The topological polar surface area (TPSA) is 68.3 Å². The maximum atomic E-state index is 11.9. The number of nitrogens with two attached hydrogens (primary N) is 1. The minimum atomic E-state index is -0.166. The van der Waals surface area contributed by atoms with Gasteiger partial charge in [0.25, 0.3) is 5.91 Å². The lowest BCUT2D eigenvalue weighted by molar-refractivity contribution is 0.102. The van der Waals surface area contributed by atoms with Crippen molar-refractivity contribution < 1.29 is 9.21 Å². The van der Waals surface area contributed by atoms with Crippen LogP contribution in [0.2, 0.25) is 0 Å². The molecule has 0 unspecified atom stereocenters. The fourth-order valence-electron chi connectivity index (χ4n) is 1.58. The molecule has 4 heteroatoms. The number of carbonyl (C=O) groups is 1. The van der Waals surface area contributed by atoms with Gasteiger partial charge in [0.05, 0.1) is 11.8 Å². The second-order valence-corrected chi connectivity index (χ2v) is 3.69. The fraction of sp³-hybridized carbons (Fsp3) is 0.154. The summed E-state index contributed by atoms with van der Waals surface area (Å²) in [6, 6.07) is 8.68. The van der Waals surface area contributed by atoms with Gasteiger partial charge < -0.3 is 15.5 Å². The fourth-order valence-corrected chi connectivity index (χ4v) is 1.58. The molecular weight excluding hydrogens is 216 g/mol. The van der Waals surface area contributed by atoms with Crippen molar-refractivity contribution in [2.75, 3.05) is 11.1 Å². The molecule has 3 N–H and O–H groups in total. The van der Waals surface area contributed by atoms with E-state index in [9.17, 15) is 4.79 Å². The summed E-state index contributed by atoms with van der Waals surface area (Å²) in [4.78, 5) is 11.9. The highest BCUT2D eigenvalue weighted by molar-refractivity contribution is 6.05. The van der Waals surface area contributed by atoms with Crippen LogP contribution in [-0.4, -0.2) is 5.91 Å². The van der Waals surface area contributed by atoms with Crippen LogP contribution < -0.4 is 11.1 Å². The van der Waals surface area contributed by atoms with Gasteiger partial charge in [-0.2, -0.15) is 0 Å². The Kier molecular flexibility index (Phi) is 3.14. The third-order valence-corrected chi connectivity index (χ3v) is 2.48. The van der Waals surface area contributed by atoms with Gasteiger partial charge in [-0.15, -0.1) is 0 Å². The van der Waals surface area contributed by atoms with Crippen LogP contribution in [0.15, 0.2) is 41.0 Å². The van der Waals surface area contributed by atoms with Gasteiger partial charge in [-0.3, -0.25) is 4.79 Å². The predicted octanol–water partition coefficient (Wildman–Crippen LogP) is 2.68. The van der Waals surface area contributed by atoms with Gasteiger partial charge in [-0.25, -0.2) is 0 Å². The third kappa shape index (κ3) is 2.47. The number of carbonyl (C=O) groups excluding carboxylic acids is 1. The maximum absolute atomic E-state index is 11.9. The molecule has 0 atom stereocenters. The zero-order valence-electron chi connectivity index (χ0n) is 9.57. The molecule has 4 nitrogen and oxygen atoms in total. The minimum Gasteiger partial charge on any atom is -0.469 e. The Morgan fingerprint density at radius 1 is 1.29 bits per heavy atom. The molecule has 0 radical (unpaired) electrons. The smallest absolute Gasteiger partial charge is 0.259 e. The van der Waals surface area contributed by atoms with E-state index in [1.165, 1.54) is 6.26 Å². The summed E-state index contributed by atoms with van der Waals surface area (Å²) < 4.78 is 5.21. The average Bonchev–Trinajstić information content (AvgIpc) is 2.80. The highest BCUT2D eigenvalue weighted by Gasteiger charge is 2.12. The predicted molar refractivity (Wildman–Crippen MR) is 66.9 cm³/mol. The van der Waals surface area contributed by atoms with Crippen LogP contribution in [0.25, 0.3) is 0 Å². The van der Waals surface area contributed by atoms with Crippen LogP contribution in [0.3, 0.4) is 0 Å². The number of nitrogens with one attached hydrogen (secondary N) is 1. The average molecular weight is 230 g/mol. The van der Waals surface area contributed by atoms with Gasteiger partial charge in [0.1, 0.15) is 5.76 Å². The summed E-state index contributed by atoms with van der Waals surface area (Å²) in [6.07, 6.45) is 2.22. The molecule has 0 saturated carbocycles. The van der Waals surface area contributed by atoms with E-state index in [4.69, 9.17) is 10.2 Å². The Labute approximate surface area is 99.4 Å². The number of benzene rings is 1. The highest BCUT2D eigenvalue weighted by Crippen LogP contribution is 2.15. The quantitative estimate of drug-likeness (QED) is 0.796. The molecule has 2 aromatic rings. The minimum absolute atomic E-state index is 0.166. The van der Waals surface area contributed by atoms with E-state index in [-0.39, 0.29) is 5.91 Å². The first kappa shape index (κ1) is 11.3. The van der Waals surface area contributed by atoms with E-state index in [0.29, 0.717) is 29.1 Å². The Hall–Kier alpha value is -2.23. The molecule has 0 saturated heterocycles. The van der Waals surface area contributed by atoms with Crippen LogP contribution in [0.4, 0.5) is 11.4 Å². The summed E-state index contributed by atoms with van der Waals surface area (Å²) in [5, 5.41) is 2.79. The molecule has 0 aliphatic rings. The number of furan rings is 1. The first-order valence-electron chi connectivity index (χ1n) is 5.44. The van der Waals surface area contributed by atoms with Crippen LogP contribution in [-0.2, 0) is 6.42 Å². The number of rotatable bonds is 3. The van der Waals surface area contributed by atoms with E-state index in [1.807, 2.05) is 6.92 Å². The van der Waals surface area contributed by atoms with Crippen molar-refractivity contribution in [2.45, 2.75) is 13.3 Å².